The van der Waals surface area contributed by atoms with Gasteiger partial charge in [0.05, 0.1) is 5.69 Å². The topological polar surface area (TPSA) is 64.0 Å². The molecule has 5 nitrogen and oxygen atoms in total. The van der Waals surface area contributed by atoms with Gasteiger partial charge >= 0.3 is 0 Å². The molecule has 1 amide bonds. The smallest absolute Gasteiger partial charge is 0.267 e. The van der Waals surface area contributed by atoms with Crippen LogP contribution in [0, 0.1) is 13.8 Å². The van der Waals surface area contributed by atoms with Crippen LogP contribution in [0.25, 0.3) is 0 Å². The van der Waals surface area contributed by atoms with Crippen LogP contribution in [0.1, 0.15) is 48.5 Å². The Bertz CT molecular complexity index is 786. The van der Waals surface area contributed by atoms with Crippen LogP contribution in [0.5, 0.6) is 0 Å². The molecule has 1 aromatic carbocycles. The van der Waals surface area contributed by atoms with Crippen molar-refractivity contribution in [1.29, 1.82) is 0 Å². The summed E-state index contributed by atoms with van der Waals surface area (Å²) in [6, 6.07) is 8.49. The zero-order chi connectivity index (χ0) is 16.6. The molecule has 1 N–H and O–H groups in total. The van der Waals surface area contributed by atoms with E-state index in [4.69, 9.17) is 0 Å². The average molecular weight is 311 g/mol. The first-order chi connectivity index (χ1) is 10.9. The zero-order valence-corrected chi connectivity index (χ0v) is 13.7. The van der Waals surface area contributed by atoms with Crippen LogP contribution in [0.4, 0.5) is 5.69 Å². The van der Waals surface area contributed by atoms with Crippen LogP contribution >= 0.6 is 0 Å². The first-order valence-electron chi connectivity index (χ1n) is 7.93. The number of aryl methyl sites for hydroxylation is 2. The third-order valence-corrected chi connectivity index (χ3v) is 4.08. The Morgan fingerprint density at radius 3 is 2.48 bits per heavy atom. The number of rotatable bonds is 4. The molecular weight excluding hydrogens is 290 g/mol. The molecule has 120 valence electrons. The molecule has 1 aliphatic rings. The van der Waals surface area contributed by atoms with Crippen molar-refractivity contribution in [3.05, 3.63) is 57.5 Å². The first kappa shape index (κ1) is 15.5. The molecule has 1 aliphatic carbocycles. The predicted octanol–water partition coefficient (Wildman–Crippen LogP) is 2.94. The highest BCUT2D eigenvalue weighted by molar-refractivity contribution is 5.93. The molecular formula is C18H21N3O2. The quantitative estimate of drug-likeness (QED) is 0.944. The van der Waals surface area contributed by atoms with Gasteiger partial charge in [0, 0.05) is 17.7 Å². The lowest BCUT2D eigenvalue weighted by atomic mass is 10.1. The summed E-state index contributed by atoms with van der Waals surface area (Å²) >= 11 is 0. The van der Waals surface area contributed by atoms with Gasteiger partial charge in [-0.3, -0.25) is 9.59 Å². The molecule has 3 rings (SSSR count). The molecule has 1 heterocycles. The highest BCUT2D eigenvalue weighted by atomic mass is 16.2. The van der Waals surface area contributed by atoms with Gasteiger partial charge in [-0.2, -0.15) is 5.10 Å². The van der Waals surface area contributed by atoms with Crippen molar-refractivity contribution >= 4 is 11.6 Å². The van der Waals surface area contributed by atoms with Crippen LogP contribution in [-0.2, 0) is 4.79 Å². The molecule has 1 saturated carbocycles. The SMILES string of the molecule is Cc1cc(C)cc(NC(=O)C(C)n2nc(C3CC3)ccc2=O)c1. The molecule has 1 fully saturated rings. The summed E-state index contributed by atoms with van der Waals surface area (Å²) in [5.41, 5.74) is 3.55. The minimum Gasteiger partial charge on any atom is -0.324 e. The number of anilines is 1. The molecule has 2 aromatic rings. The molecule has 1 atom stereocenters. The van der Waals surface area contributed by atoms with Crippen molar-refractivity contribution in [2.24, 2.45) is 0 Å². The van der Waals surface area contributed by atoms with Gasteiger partial charge in [0.1, 0.15) is 6.04 Å². The molecule has 5 heteroatoms. The maximum Gasteiger partial charge on any atom is 0.267 e. The highest BCUT2D eigenvalue weighted by Crippen LogP contribution is 2.38. The number of nitrogens with zero attached hydrogens (tertiary/aromatic N) is 2. The summed E-state index contributed by atoms with van der Waals surface area (Å²) < 4.78 is 1.28. The number of hydrogen-bond acceptors (Lipinski definition) is 3. The molecule has 0 aliphatic heterocycles. The van der Waals surface area contributed by atoms with Crippen LogP contribution < -0.4 is 10.9 Å². The Morgan fingerprint density at radius 1 is 1.22 bits per heavy atom. The van der Waals surface area contributed by atoms with E-state index in [9.17, 15) is 9.59 Å². The summed E-state index contributed by atoms with van der Waals surface area (Å²) in [5.74, 6) is 0.203. The summed E-state index contributed by atoms with van der Waals surface area (Å²) in [6.07, 6.45) is 2.21. The molecule has 0 spiro atoms. The number of aromatic nitrogens is 2. The minimum atomic E-state index is -0.651. The molecule has 1 aromatic heterocycles. The van der Waals surface area contributed by atoms with Gasteiger partial charge in [-0.1, -0.05) is 6.07 Å². The highest BCUT2D eigenvalue weighted by Gasteiger charge is 2.27. The lowest BCUT2D eigenvalue weighted by Crippen LogP contribution is -2.33. The number of hydrogen-bond donors (Lipinski definition) is 1. The first-order valence-corrected chi connectivity index (χ1v) is 7.93. The Labute approximate surface area is 135 Å². The van der Waals surface area contributed by atoms with E-state index in [-0.39, 0.29) is 11.5 Å². The number of benzene rings is 1. The van der Waals surface area contributed by atoms with E-state index in [0.29, 0.717) is 5.92 Å². The Kier molecular flexibility index (Phi) is 4.03. The monoisotopic (exact) mass is 311 g/mol. The molecule has 0 saturated heterocycles. The summed E-state index contributed by atoms with van der Waals surface area (Å²) in [4.78, 5) is 24.5. The second-order valence-electron chi connectivity index (χ2n) is 6.36. The van der Waals surface area contributed by atoms with E-state index in [1.165, 1.54) is 10.7 Å². The van der Waals surface area contributed by atoms with Crippen molar-refractivity contribution in [2.45, 2.75) is 45.6 Å². The Hall–Kier alpha value is -2.43. The second-order valence-corrected chi connectivity index (χ2v) is 6.36. The van der Waals surface area contributed by atoms with Gasteiger partial charge in [-0.05, 0) is 62.9 Å². The summed E-state index contributed by atoms with van der Waals surface area (Å²) in [7, 11) is 0. The maximum absolute atomic E-state index is 12.5. The Morgan fingerprint density at radius 2 is 1.87 bits per heavy atom. The lowest BCUT2D eigenvalue weighted by molar-refractivity contribution is -0.119. The maximum atomic E-state index is 12.5. The van der Waals surface area contributed by atoms with E-state index < -0.39 is 6.04 Å². The fourth-order valence-corrected chi connectivity index (χ4v) is 2.72. The van der Waals surface area contributed by atoms with Gasteiger partial charge in [0.2, 0.25) is 5.91 Å². The summed E-state index contributed by atoms with van der Waals surface area (Å²) in [6.45, 7) is 5.66. The largest absolute Gasteiger partial charge is 0.324 e. The number of amides is 1. The normalized spacial score (nSPS) is 15.3. The summed E-state index contributed by atoms with van der Waals surface area (Å²) in [5, 5.41) is 7.25. The van der Waals surface area contributed by atoms with Crippen molar-refractivity contribution < 1.29 is 4.79 Å². The van der Waals surface area contributed by atoms with E-state index in [1.807, 2.05) is 32.0 Å². The third kappa shape index (κ3) is 3.50. The van der Waals surface area contributed by atoms with Gasteiger partial charge in [-0.25, -0.2) is 4.68 Å². The standard InChI is InChI=1S/C18H21N3O2/c1-11-8-12(2)10-15(9-11)19-18(23)13(3)21-17(22)7-6-16(20-21)14-4-5-14/h6-10,13-14H,4-5H2,1-3H3,(H,19,23). The average Bonchev–Trinajstić information content (AvgIpc) is 3.30. The van der Waals surface area contributed by atoms with Crippen molar-refractivity contribution in [3.8, 4) is 0 Å². The van der Waals surface area contributed by atoms with E-state index in [0.717, 1.165) is 35.3 Å². The number of nitrogens with one attached hydrogen (secondary N) is 1. The fourth-order valence-electron chi connectivity index (χ4n) is 2.72. The fraction of sp³-hybridized carbons (Fsp3) is 0.389. The third-order valence-electron chi connectivity index (χ3n) is 4.08. The van der Waals surface area contributed by atoms with Crippen LogP contribution in [0.2, 0.25) is 0 Å². The molecule has 23 heavy (non-hydrogen) atoms. The van der Waals surface area contributed by atoms with Gasteiger partial charge in [0.15, 0.2) is 0 Å². The zero-order valence-electron chi connectivity index (χ0n) is 13.7. The molecule has 0 bridgehead atoms. The van der Waals surface area contributed by atoms with Crippen LogP contribution in [-0.4, -0.2) is 15.7 Å². The molecule has 1 unspecified atom stereocenters. The van der Waals surface area contributed by atoms with Crippen LogP contribution in [0.15, 0.2) is 35.1 Å². The van der Waals surface area contributed by atoms with Gasteiger partial charge in [-0.15, -0.1) is 0 Å². The predicted molar refractivity (Wildman–Crippen MR) is 89.7 cm³/mol. The minimum absolute atomic E-state index is 0.238. The second kappa shape index (κ2) is 5.99. The van der Waals surface area contributed by atoms with E-state index in [1.54, 1.807) is 13.0 Å². The van der Waals surface area contributed by atoms with Crippen LogP contribution in [0.3, 0.4) is 0 Å². The number of carbonyl (C=O) groups excluding carboxylic acids is 1. The van der Waals surface area contributed by atoms with Crippen molar-refractivity contribution in [2.75, 3.05) is 5.32 Å². The van der Waals surface area contributed by atoms with Gasteiger partial charge in [0.25, 0.3) is 5.56 Å². The van der Waals surface area contributed by atoms with Crippen molar-refractivity contribution in [3.63, 3.8) is 0 Å². The Balaban J connectivity index is 1.81. The molecule has 0 radical (unpaired) electrons. The number of carbonyl (C=O) groups is 1. The van der Waals surface area contributed by atoms with Crippen molar-refractivity contribution in [1.82, 2.24) is 9.78 Å². The van der Waals surface area contributed by atoms with Gasteiger partial charge < -0.3 is 5.32 Å². The lowest BCUT2D eigenvalue weighted by Gasteiger charge is -2.15. The van der Waals surface area contributed by atoms with E-state index >= 15 is 0 Å². The van der Waals surface area contributed by atoms with E-state index in [2.05, 4.69) is 10.4 Å².